The molecule has 130 valence electrons. The average Bonchev–Trinajstić information content (AvgIpc) is 3.25. The Bertz CT molecular complexity index is 849. The van der Waals surface area contributed by atoms with Gasteiger partial charge in [0, 0.05) is 19.0 Å². The van der Waals surface area contributed by atoms with Crippen LogP contribution in [0.25, 0.3) is 10.2 Å². The molecular weight excluding hydrogens is 338 g/mol. The van der Waals surface area contributed by atoms with E-state index in [1.54, 1.807) is 18.3 Å². The Morgan fingerprint density at radius 3 is 2.84 bits per heavy atom. The third-order valence-electron chi connectivity index (χ3n) is 4.40. The number of anilines is 1. The molecule has 4 rings (SSSR count). The number of piperidine rings is 1. The number of amides is 1. The van der Waals surface area contributed by atoms with Gasteiger partial charge < -0.3 is 14.7 Å². The van der Waals surface area contributed by atoms with Gasteiger partial charge in [-0.25, -0.2) is 4.98 Å². The molecule has 1 N–H and O–H groups in total. The molecule has 0 unspecified atom stereocenters. The van der Waals surface area contributed by atoms with E-state index in [0.717, 1.165) is 36.6 Å². The molecule has 3 aromatic rings. The zero-order valence-electron chi connectivity index (χ0n) is 13.9. The van der Waals surface area contributed by atoms with E-state index >= 15 is 0 Å². The largest absolute Gasteiger partial charge is 0.348 e. The Morgan fingerprint density at radius 1 is 1.32 bits per heavy atom. The Labute approximate surface area is 149 Å². The molecule has 1 aliphatic rings. The van der Waals surface area contributed by atoms with Gasteiger partial charge in [-0.1, -0.05) is 28.6 Å². The fraction of sp³-hybridized carbons (Fsp3) is 0.412. The predicted octanol–water partition coefficient (Wildman–Crippen LogP) is 2.52. The number of thiazole rings is 1. The molecule has 1 saturated heterocycles. The van der Waals surface area contributed by atoms with Crippen LogP contribution in [0.4, 0.5) is 5.13 Å². The molecule has 8 heteroatoms. The van der Waals surface area contributed by atoms with Crippen LogP contribution in [0.3, 0.4) is 0 Å². The van der Waals surface area contributed by atoms with E-state index in [-0.39, 0.29) is 18.4 Å². The minimum absolute atomic E-state index is 0.0228. The predicted molar refractivity (Wildman–Crippen MR) is 95.4 cm³/mol. The first-order valence-electron chi connectivity index (χ1n) is 8.36. The van der Waals surface area contributed by atoms with Crippen LogP contribution in [0.2, 0.25) is 0 Å². The van der Waals surface area contributed by atoms with Crippen LogP contribution >= 0.6 is 11.3 Å². The van der Waals surface area contributed by atoms with Crippen LogP contribution in [0.1, 0.15) is 24.6 Å². The fourth-order valence-corrected chi connectivity index (χ4v) is 4.06. The van der Waals surface area contributed by atoms with Crippen LogP contribution in [0.5, 0.6) is 0 Å². The van der Waals surface area contributed by atoms with Gasteiger partial charge in [0.1, 0.15) is 0 Å². The second kappa shape index (κ2) is 6.79. The monoisotopic (exact) mass is 357 g/mol. The Hall–Kier alpha value is -2.48. The number of hydrogen-bond donors (Lipinski definition) is 1. The van der Waals surface area contributed by atoms with Gasteiger partial charge in [0.05, 0.1) is 16.8 Å². The topological polar surface area (TPSA) is 84.2 Å². The number of nitrogens with one attached hydrogen (secondary N) is 1. The van der Waals surface area contributed by atoms with Crippen LogP contribution in [-0.4, -0.2) is 34.1 Å². The second-order valence-corrected chi connectivity index (χ2v) is 7.19. The zero-order valence-corrected chi connectivity index (χ0v) is 14.8. The summed E-state index contributed by atoms with van der Waals surface area (Å²) in [4.78, 5) is 23.4. The first-order valence-corrected chi connectivity index (χ1v) is 9.18. The van der Waals surface area contributed by atoms with Crippen molar-refractivity contribution in [3.63, 3.8) is 0 Å². The standard InChI is InChI=1S/C17H19N5O2S/c1-11-19-15(24-21-11)10-18-16(23)12-6-8-22(9-7-12)17-20-13-4-2-3-5-14(13)25-17/h2-5,12H,6-10H2,1H3,(H,18,23). The molecule has 25 heavy (non-hydrogen) atoms. The first kappa shape index (κ1) is 16.0. The number of fused-ring (bicyclic) bond motifs is 1. The lowest BCUT2D eigenvalue weighted by Crippen LogP contribution is -2.40. The molecule has 1 fully saturated rings. The number of carbonyl (C=O) groups excluding carboxylic acids is 1. The van der Waals surface area contributed by atoms with Gasteiger partial charge in [0.15, 0.2) is 11.0 Å². The third kappa shape index (κ3) is 3.48. The lowest BCUT2D eigenvalue weighted by Gasteiger charge is -2.30. The van der Waals surface area contributed by atoms with Crippen LogP contribution < -0.4 is 10.2 Å². The molecule has 0 radical (unpaired) electrons. The number of para-hydroxylation sites is 1. The molecule has 0 bridgehead atoms. The summed E-state index contributed by atoms with van der Waals surface area (Å²) >= 11 is 1.71. The summed E-state index contributed by atoms with van der Waals surface area (Å²) in [6, 6.07) is 8.17. The van der Waals surface area contributed by atoms with Gasteiger partial charge in [-0.15, -0.1) is 0 Å². The van der Waals surface area contributed by atoms with Crippen molar-refractivity contribution >= 4 is 32.6 Å². The minimum atomic E-state index is 0.0228. The molecule has 0 atom stereocenters. The van der Waals surface area contributed by atoms with Crippen molar-refractivity contribution in [1.82, 2.24) is 20.4 Å². The van der Waals surface area contributed by atoms with E-state index in [9.17, 15) is 4.79 Å². The highest BCUT2D eigenvalue weighted by atomic mass is 32.1. The van der Waals surface area contributed by atoms with Gasteiger partial charge in [0.25, 0.3) is 0 Å². The maximum atomic E-state index is 12.3. The lowest BCUT2D eigenvalue weighted by atomic mass is 9.96. The molecule has 0 saturated carbocycles. The van der Waals surface area contributed by atoms with Crippen molar-refractivity contribution < 1.29 is 9.32 Å². The van der Waals surface area contributed by atoms with Crippen LogP contribution in [-0.2, 0) is 11.3 Å². The average molecular weight is 357 g/mol. The number of benzene rings is 1. The van der Waals surface area contributed by atoms with Crippen molar-refractivity contribution in [3.8, 4) is 0 Å². The molecular formula is C17H19N5O2S. The summed E-state index contributed by atoms with van der Waals surface area (Å²) in [5.74, 6) is 1.10. The first-order chi connectivity index (χ1) is 12.2. The quantitative estimate of drug-likeness (QED) is 0.772. The molecule has 1 aromatic carbocycles. The number of hydrogen-bond acceptors (Lipinski definition) is 7. The van der Waals surface area contributed by atoms with Crippen molar-refractivity contribution in [1.29, 1.82) is 0 Å². The fourth-order valence-electron chi connectivity index (χ4n) is 3.05. The van der Waals surface area contributed by atoms with Gasteiger partial charge in [-0.05, 0) is 31.9 Å². The Balaban J connectivity index is 1.32. The van der Waals surface area contributed by atoms with Crippen LogP contribution in [0, 0.1) is 12.8 Å². The molecule has 1 amide bonds. The van der Waals surface area contributed by atoms with Crippen LogP contribution in [0.15, 0.2) is 28.8 Å². The zero-order chi connectivity index (χ0) is 17.2. The van der Waals surface area contributed by atoms with Gasteiger partial charge in [-0.2, -0.15) is 4.98 Å². The third-order valence-corrected chi connectivity index (χ3v) is 5.50. The highest BCUT2D eigenvalue weighted by molar-refractivity contribution is 7.22. The van der Waals surface area contributed by atoms with E-state index in [1.807, 2.05) is 18.2 Å². The van der Waals surface area contributed by atoms with Crippen molar-refractivity contribution in [2.75, 3.05) is 18.0 Å². The number of nitrogens with zero attached hydrogens (tertiary/aromatic N) is 4. The maximum Gasteiger partial charge on any atom is 0.246 e. The number of aromatic nitrogens is 3. The van der Waals surface area contributed by atoms with Crippen molar-refractivity contribution in [3.05, 3.63) is 36.0 Å². The lowest BCUT2D eigenvalue weighted by molar-refractivity contribution is -0.125. The minimum Gasteiger partial charge on any atom is -0.348 e. The summed E-state index contributed by atoms with van der Waals surface area (Å²) in [6.07, 6.45) is 1.65. The number of carbonyl (C=O) groups is 1. The molecule has 3 heterocycles. The van der Waals surface area contributed by atoms with E-state index in [0.29, 0.717) is 11.7 Å². The summed E-state index contributed by atoms with van der Waals surface area (Å²) < 4.78 is 6.22. The van der Waals surface area contributed by atoms with E-state index in [2.05, 4.69) is 26.4 Å². The van der Waals surface area contributed by atoms with Gasteiger partial charge in [-0.3, -0.25) is 4.79 Å². The molecule has 7 nitrogen and oxygen atoms in total. The maximum absolute atomic E-state index is 12.3. The molecule has 0 spiro atoms. The van der Waals surface area contributed by atoms with E-state index in [4.69, 9.17) is 9.51 Å². The van der Waals surface area contributed by atoms with Gasteiger partial charge >= 0.3 is 0 Å². The second-order valence-electron chi connectivity index (χ2n) is 6.18. The smallest absolute Gasteiger partial charge is 0.246 e. The molecule has 0 aliphatic carbocycles. The van der Waals surface area contributed by atoms with E-state index in [1.165, 1.54) is 4.70 Å². The van der Waals surface area contributed by atoms with Gasteiger partial charge in [0.2, 0.25) is 11.8 Å². The van der Waals surface area contributed by atoms with Crippen molar-refractivity contribution in [2.24, 2.45) is 5.92 Å². The number of rotatable bonds is 4. The SMILES string of the molecule is Cc1noc(CNC(=O)C2CCN(c3nc4ccccc4s3)CC2)n1. The Kier molecular flexibility index (Phi) is 4.35. The van der Waals surface area contributed by atoms with E-state index < -0.39 is 0 Å². The number of aryl methyl sites for hydroxylation is 1. The highest BCUT2D eigenvalue weighted by Gasteiger charge is 2.26. The summed E-state index contributed by atoms with van der Waals surface area (Å²) in [6.45, 7) is 3.74. The summed E-state index contributed by atoms with van der Waals surface area (Å²) in [7, 11) is 0. The van der Waals surface area contributed by atoms with Crippen molar-refractivity contribution in [2.45, 2.75) is 26.3 Å². The Morgan fingerprint density at radius 2 is 2.12 bits per heavy atom. The molecule has 2 aromatic heterocycles. The summed E-state index contributed by atoms with van der Waals surface area (Å²) in [5, 5.41) is 7.65. The normalized spacial score (nSPS) is 15.6. The molecule has 1 aliphatic heterocycles. The summed E-state index contributed by atoms with van der Waals surface area (Å²) in [5.41, 5.74) is 1.04. The highest BCUT2D eigenvalue weighted by Crippen LogP contribution is 2.31.